The van der Waals surface area contributed by atoms with Crippen LogP contribution in [0.5, 0.6) is 5.75 Å². The van der Waals surface area contributed by atoms with Gasteiger partial charge in [0.15, 0.2) is 5.69 Å². The average Bonchev–Trinajstić information content (AvgIpc) is 2.73. The molecule has 0 spiro atoms. The van der Waals surface area contributed by atoms with E-state index in [-0.39, 0.29) is 5.69 Å². The van der Waals surface area contributed by atoms with Crippen molar-refractivity contribution in [2.75, 3.05) is 13.7 Å². The molecule has 0 fully saturated rings. The number of nitrogens with zero attached hydrogens (tertiary/aromatic N) is 2. The SMILES string of the molecule is C=C/C=C(\C=C)c1ncc(-c2ccc(OCC)cc2)nc1C(=O)OC.CC. The summed E-state index contributed by atoms with van der Waals surface area (Å²) in [6, 6.07) is 7.42. The van der Waals surface area contributed by atoms with Crippen molar-refractivity contribution in [3.05, 3.63) is 73.2 Å². The topological polar surface area (TPSA) is 61.3 Å². The minimum Gasteiger partial charge on any atom is -0.494 e. The number of hydrogen-bond acceptors (Lipinski definition) is 5. The van der Waals surface area contributed by atoms with Gasteiger partial charge in [-0.15, -0.1) is 0 Å². The first kappa shape index (κ1) is 21.8. The Morgan fingerprint density at radius 3 is 2.33 bits per heavy atom. The highest BCUT2D eigenvalue weighted by Crippen LogP contribution is 2.24. The Labute approximate surface area is 161 Å². The Morgan fingerprint density at radius 2 is 1.81 bits per heavy atom. The van der Waals surface area contributed by atoms with Crippen LogP contribution < -0.4 is 4.74 Å². The van der Waals surface area contributed by atoms with Crippen molar-refractivity contribution in [3.63, 3.8) is 0 Å². The van der Waals surface area contributed by atoms with E-state index < -0.39 is 5.97 Å². The number of aromatic nitrogens is 2. The smallest absolute Gasteiger partial charge is 0.358 e. The molecule has 0 unspecified atom stereocenters. The van der Waals surface area contributed by atoms with Crippen LogP contribution in [0.4, 0.5) is 0 Å². The number of benzene rings is 1. The molecule has 1 aromatic carbocycles. The Balaban J connectivity index is 0.00000176. The predicted octanol–water partition coefficient (Wildman–Crippen LogP) is 5.11. The third kappa shape index (κ3) is 5.64. The van der Waals surface area contributed by atoms with E-state index in [1.807, 2.05) is 45.0 Å². The van der Waals surface area contributed by atoms with E-state index in [2.05, 4.69) is 23.1 Å². The zero-order valence-electron chi connectivity index (χ0n) is 16.4. The summed E-state index contributed by atoms with van der Waals surface area (Å²) < 4.78 is 10.3. The molecule has 0 aliphatic heterocycles. The third-order valence-corrected chi connectivity index (χ3v) is 3.40. The Bertz CT molecular complexity index is 809. The minimum absolute atomic E-state index is 0.127. The molecule has 2 rings (SSSR count). The molecule has 0 aliphatic carbocycles. The van der Waals surface area contributed by atoms with Crippen molar-refractivity contribution in [2.45, 2.75) is 20.8 Å². The second-order valence-electron chi connectivity index (χ2n) is 4.96. The fourth-order valence-electron chi connectivity index (χ4n) is 2.24. The molecule has 142 valence electrons. The average molecular weight is 366 g/mol. The molecule has 0 amide bonds. The van der Waals surface area contributed by atoms with Gasteiger partial charge >= 0.3 is 5.97 Å². The van der Waals surface area contributed by atoms with E-state index >= 15 is 0 Å². The van der Waals surface area contributed by atoms with Gasteiger partial charge in [0.1, 0.15) is 11.4 Å². The molecule has 0 atom stereocenters. The maximum Gasteiger partial charge on any atom is 0.358 e. The third-order valence-electron chi connectivity index (χ3n) is 3.40. The van der Waals surface area contributed by atoms with E-state index in [4.69, 9.17) is 9.47 Å². The molecule has 27 heavy (non-hydrogen) atoms. The largest absolute Gasteiger partial charge is 0.494 e. The minimum atomic E-state index is -0.563. The highest BCUT2D eigenvalue weighted by Gasteiger charge is 2.18. The van der Waals surface area contributed by atoms with Crippen LogP contribution in [0.25, 0.3) is 16.8 Å². The fourth-order valence-corrected chi connectivity index (χ4v) is 2.24. The zero-order valence-corrected chi connectivity index (χ0v) is 16.4. The molecular formula is C22H26N2O3. The van der Waals surface area contributed by atoms with E-state index in [9.17, 15) is 4.79 Å². The van der Waals surface area contributed by atoms with Gasteiger partial charge in [0.2, 0.25) is 0 Å². The van der Waals surface area contributed by atoms with Crippen LogP contribution in [0, 0.1) is 0 Å². The molecule has 0 saturated carbocycles. The highest BCUT2D eigenvalue weighted by atomic mass is 16.5. The standard InChI is InChI=1S/C20H20N2O3.C2H6/c1-5-8-14(6-2)18-19(20(23)24-4)22-17(13-21-18)15-9-11-16(12-10-15)25-7-3;1-2/h5-6,8-13H,1-2,7H2,3-4H3;1-2H3/b14-8+;. The molecule has 1 aromatic heterocycles. The highest BCUT2D eigenvalue weighted by molar-refractivity contribution is 5.94. The molecule has 0 N–H and O–H groups in total. The summed E-state index contributed by atoms with van der Waals surface area (Å²) in [5.74, 6) is 0.207. The van der Waals surface area contributed by atoms with Crippen LogP contribution in [0.2, 0.25) is 0 Å². The van der Waals surface area contributed by atoms with Gasteiger partial charge in [-0.25, -0.2) is 9.78 Å². The lowest BCUT2D eigenvalue weighted by molar-refractivity contribution is 0.0593. The van der Waals surface area contributed by atoms with Crippen molar-refractivity contribution in [3.8, 4) is 17.0 Å². The number of rotatable bonds is 7. The number of hydrogen-bond donors (Lipinski definition) is 0. The normalized spacial score (nSPS) is 10.3. The second kappa shape index (κ2) is 11.4. The van der Waals surface area contributed by atoms with Gasteiger partial charge < -0.3 is 9.47 Å². The van der Waals surface area contributed by atoms with Crippen LogP contribution in [0.1, 0.15) is 37.0 Å². The monoisotopic (exact) mass is 366 g/mol. The Morgan fingerprint density at radius 1 is 1.15 bits per heavy atom. The van der Waals surface area contributed by atoms with Gasteiger partial charge in [-0.1, -0.05) is 45.2 Å². The van der Waals surface area contributed by atoms with Crippen molar-refractivity contribution in [1.82, 2.24) is 9.97 Å². The summed E-state index contributed by atoms with van der Waals surface area (Å²) in [5.41, 5.74) is 2.55. The number of carbonyl (C=O) groups excluding carboxylic acids is 1. The van der Waals surface area contributed by atoms with Crippen LogP contribution in [0.3, 0.4) is 0 Å². The molecule has 1 heterocycles. The van der Waals surface area contributed by atoms with Gasteiger partial charge in [0.25, 0.3) is 0 Å². The zero-order chi connectivity index (χ0) is 20.2. The van der Waals surface area contributed by atoms with E-state index in [1.54, 1.807) is 24.4 Å². The molecule has 0 aliphatic rings. The first-order chi connectivity index (χ1) is 13.1. The van der Waals surface area contributed by atoms with Crippen LogP contribution in [-0.2, 0) is 4.74 Å². The summed E-state index contributed by atoms with van der Waals surface area (Å²) in [7, 11) is 1.31. The predicted molar refractivity (Wildman–Crippen MR) is 110 cm³/mol. The van der Waals surface area contributed by atoms with Crippen molar-refractivity contribution in [2.24, 2.45) is 0 Å². The first-order valence-electron chi connectivity index (χ1n) is 8.78. The quantitative estimate of drug-likeness (QED) is 0.503. The molecular weight excluding hydrogens is 340 g/mol. The summed E-state index contributed by atoms with van der Waals surface area (Å²) in [6.45, 7) is 13.9. The number of methoxy groups -OCH3 is 1. The number of carbonyl (C=O) groups is 1. The maximum absolute atomic E-state index is 12.1. The van der Waals surface area contributed by atoms with Gasteiger partial charge in [-0.2, -0.15) is 0 Å². The molecule has 0 radical (unpaired) electrons. The van der Waals surface area contributed by atoms with E-state index in [1.165, 1.54) is 7.11 Å². The second-order valence-corrected chi connectivity index (χ2v) is 4.96. The summed E-state index contributed by atoms with van der Waals surface area (Å²) >= 11 is 0. The van der Waals surface area contributed by atoms with Crippen LogP contribution >= 0.6 is 0 Å². The Hall–Kier alpha value is -3.21. The molecule has 5 nitrogen and oxygen atoms in total. The molecule has 2 aromatic rings. The van der Waals surface area contributed by atoms with Gasteiger partial charge in [0, 0.05) is 11.1 Å². The van der Waals surface area contributed by atoms with Crippen LogP contribution in [-0.4, -0.2) is 29.7 Å². The first-order valence-corrected chi connectivity index (χ1v) is 8.78. The Kier molecular flexibility index (Phi) is 9.23. The van der Waals surface area contributed by atoms with Gasteiger partial charge in [0.05, 0.1) is 25.6 Å². The van der Waals surface area contributed by atoms with Crippen molar-refractivity contribution >= 4 is 11.5 Å². The summed E-state index contributed by atoms with van der Waals surface area (Å²) in [5, 5.41) is 0. The van der Waals surface area contributed by atoms with E-state index in [0.29, 0.717) is 23.6 Å². The maximum atomic E-state index is 12.1. The number of ether oxygens (including phenoxy) is 2. The molecule has 5 heteroatoms. The summed E-state index contributed by atoms with van der Waals surface area (Å²) in [6.07, 6.45) is 6.51. The lowest BCUT2D eigenvalue weighted by atomic mass is 10.1. The van der Waals surface area contributed by atoms with Gasteiger partial charge in [-0.05, 0) is 31.2 Å². The van der Waals surface area contributed by atoms with Crippen molar-refractivity contribution in [1.29, 1.82) is 0 Å². The van der Waals surface area contributed by atoms with E-state index in [0.717, 1.165) is 11.3 Å². The molecule has 0 saturated heterocycles. The van der Waals surface area contributed by atoms with Crippen LogP contribution in [0.15, 0.2) is 61.8 Å². The van der Waals surface area contributed by atoms with Gasteiger partial charge in [-0.3, -0.25) is 4.98 Å². The lowest BCUT2D eigenvalue weighted by Crippen LogP contribution is -2.10. The molecule has 0 bridgehead atoms. The summed E-state index contributed by atoms with van der Waals surface area (Å²) in [4.78, 5) is 21.0. The lowest BCUT2D eigenvalue weighted by Gasteiger charge is -2.10. The van der Waals surface area contributed by atoms with Crippen molar-refractivity contribution < 1.29 is 14.3 Å². The number of esters is 1. The number of allylic oxidation sites excluding steroid dienone is 4. The fraction of sp³-hybridized carbons (Fsp3) is 0.227.